The van der Waals surface area contributed by atoms with Crippen molar-refractivity contribution in [2.24, 2.45) is 0 Å². The second-order valence-corrected chi connectivity index (χ2v) is 20.2. The van der Waals surface area contributed by atoms with Crippen LogP contribution >= 0.6 is 0 Å². The molecule has 1 saturated heterocycles. The van der Waals surface area contributed by atoms with Crippen LogP contribution in [0.15, 0.2) is 24.3 Å². The summed E-state index contributed by atoms with van der Waals surface area (Å²) < 4.78 is 59.4. The van der Waals surface area contributed by atoms with Crippen LogP contribution in [-0.2, 0) is 38.3 Å². The van der Waals surface area contributed by atoms with Gasteiger partial charge < -0.3 is 34.3 Å². The van der Waals surface area contributed by atoms with Gasteiger partial charge in [0.05, 0.1) is 19.8 Å². The van der Waals surface area contributed by atoms with E-state index in [1.54, 1.807) is 0 Å². The molecule has 0 saturated carbocycles. The standard InChI is InChI=1S/C54H102O12S/c1-3-5-7-9-11-13-15-17-19-21-23-24-26-28-30-32-34-36-38-40-42-44-62-46-48(47-63-54-52(58)53(66-67(59,60)61)51(57)49(45-55)65-54)64-50(56)43-41-39-37-35-33-31-29-27-25-22-20-18-16-14-12-10-8-6-4-2/h12,14,18,20,48-49,51-55,57-58H,3-11,13,15-17,19,21-47H2,1-2H3,(H,59,60,61)/b14-12-,20-18-. The molecular weight excluding hydrogens is 873 g/mol. The van der Waals surface area contributed by atoms with Gasteiger partial charge in [-0.1, -0.05) is 224 Å². The number of carbonyl (C=O) groups excluding carboxylic acids is 1. The Balaban J connectivity index is 2.31. The Hall–Kier alpha value is -1.42. The molecule has 6 atom stereocenters. The van der Waals surface area contributed by atoms with Crippen molar-refractivity contribution in [1.82, 2.24) is 0 Å². The largest absolute Gasteiger partial charge is 0.457 e. The third-order valence-corrected chi connectivity index (χ3v) is 13.3. The van der Waals surface area contributed by atoms with Gasteiger partial charge in [-0.3, -0.25) is 9.35 Å². The molecule has 1 heterocycles. The van der Waals surface area contributed by atoms with E-state index in [2.05, 4.69) is 42.3 Å². The summed E-state index contributed by atoms with van der Waals surface area (Å²) >= 11 is 0. The first kappa shape index (κ1) is 63.6. The van der Waals surface area contributed by atoms with E-state index in [4.69, 9.17) is 18.9 Å². The van der Waals surface area contributed by atoms with Crippen LogP contribution in [0, 0.1) is 0 Å². The Bertz CT molecular complexity index is 1260. The van der Waals surface area contributed by atoms with Crippen molar-refractivity contribution in [3.05, 3.63) is 24.3 Å². The van der Waals surface area contributed by atoms with Crippen LogP contribution in [-0.4, -0.2) is 97.5 Å². The minimum Gasteiger partial charge on any atom is -0.457 e. The molecular formula is C54H102O12S. The zero-order chi connectivity index (χ0) is 48.9. The zero-order valence-corrected chi connectivity index (χ0v) is 43.5. The van der Waals surface area contributed by atoms with E-state index in [0.717, 1.165) is 51.4 Å². The molecule has 0 aromatic rings. The van der Waals surface area contributed by atoms with Gasteiger partial charge in [-0.25, -0.2) is 4.18 Å². The van der Waals surface area contributed by atoms with Gasteiger partial charge in [0.15, 0.2) is 6.29 Å². The van der Waals surface area contributed by atoms with Crippen LogP contribution < -0.4 is 0 Å². The highest BCUT2D eigenvalue weighted by atomic mass is 32.3. The predicted octanol–water partition coefficient (Wildman–Crippen LogP) is 13.1. The summed E-state index contributed by atoms with van der Waals surface area (Å²) in [7, 11) is -5.06. The summed E-state index contributed by atoms with van der Waals surface area (Å²) in [6.45, 7) is 4.02. The second kappa shape index (κ2) is 45.7. The lowest BCUT2D eigenvalue weighted by molar-refractivity contribution is -0.301. The van der Waals surface area contributed by atoms with E-state index < -0.39 is 59.8 Å². The monoisotopic (exact) mass is 975 g/mol. The van der Waals surface area contributed by atoms with Crippen molar-refractivity contribution in [2.75, 3.05) is 26.4 Å². The van der Waals surface area contributed by atoms with Crippen LogP contribution in [0.4, 0.5) is 0 Å². The molecule has 13 heteroatoms. The number of carbonyl (C=O) groups is 1. The van der Waals surface area contributed by atoms with E-state index in [0.29, 0.717) is 13.0 Å². The Morgan fingerprint density at radius 2 is 0.985 bits per heavy atom. The molecule has 0 aromatic heterocycles. The minimum absolute atomic E-state index is 0.0393. The number of rotatable bonds is 49. The molecule has 1 rings (SSSR count). The Morgan fingerprint density at radius 3 is 1.45 bits per heavy atom. The van der Waals surface area contributed by atoms with Crippen LogP contribution in [0.3, 0.4) is 0 Å². The van der Waals surface area contributed by atoms with Crippen LogP contribution in [0.5, 0.6) is 0 Å². The van der Waals surface area contributed by atoms with E-state index in [1.165, 1.54) is 173 Å². The normalized spacial score (nSPS) is 19.5. The van der Waals surface area contributed by atoms with Gasteiger partial charge in [0.25, 0.3) is 0 Å². The highest BCUT2D eigenvalue weighted by Gasteiger charge is 2.48. The SMILES string of the molecule is CCCCC/C=C\C/C=C\CCCCCCCCCCCC(=O)OC(COCCCCCCCCCCCCCCCCCCCCCCC)COC1OC(CO)C(O)C(OS(=O)(=O)O)C1O. The molecule has 0 amide bonds. The van der Waals surface area contributed by atoms with Gasteiger partial charge in [0.2, 0.25) is 0 Å². The Morgan fingerprint density at radius 1 is 0.567 bits per heavy atom. The zero-order valence-electron chi connectivity index (χ0n) is 42.7. The molecule has 67 heavy (non-hydrogen) atoms. The summed E-state index contributed by atoms with van der Waals surface area (Å²) in [4.78, 5) is 12.9. The van der Waals surface area contributed by atoms with Crippen molar-refractivity contribution >= 4 is 16.4 Å². The topological polar surface area (TPSA) is 178 Å². The Labute approximate surface area is 410 Å². The smallest absolute Gasteiger partial charge is 0.397 e. The van der Waals surface area contributed by atoms with E-state index >= 15 is 0 Å². The van der Waals surface area contributed by atoms with Gasteiger partial charge in [0, 0.05) is 13.0 Å². The average molecular weight is 975 g/mol. The first-order valence-electron chi connectivity index (χ1n) is 27.6. The quantitative estimate of drug-likeness (QED) is 0.0197. The third-order valence-electron chi connectivity index (χ3n) is 12.8. The minimum atomic E-state index is -5.06. The fourth-order valence-corrected chi connectivity index (χ4v) is 9.16. The predicted molar refractivity (Wildman–Crippen MR) is 271 cm³/mol. The lowest BCUT2D eigenvalue weighted by atomic mass is 9.99. The molecule has 0 radical (unpaired) electrons. The number of aliphatic hydroxyl groups excluding tert-OH is 3. The van der Waals surface area contributed by atoms with Gasteiger partial charge >= 0.3 is 16.4 Å². The van der Waals surface area contributed by atoms with E-state index in [1.807, 2.05) is 0 Å². The number of ether oxygens (including phenoxy) is 4. The van der Waals surface area contributed by atoms with Crippen molar-refractivity contribution in [2.45, 2.75) is 288 Å². The first-order valence-corrected chi connectivity index (χ1v) is 29.0. The molecule has 0 aromatic carbocycles. The molecule has 0 bridgehead atoms. The highest BCUT2D eigenvalue weighted by Crippen LogP contribution is 2.26. The van der Waals surface area contributed by atoms with Crippen LogP contribution in [0.1, 0.15) is 251 Å². The van der Waals surface area contributed by atoms with Gasteiger partial charge in [-0.15, -0.1) is 0 Å². The number of esters is 1. The summed E-state index contributed by atoms with van der Waals surface area (Å²) in [5.41, 5.74) is 0. The summed E-state index contributed by atoms with van der Waals surface area (Å²) in [6.07, 6.45) is 44.9. The molecule has 1 aliphatic heterocycles. The van der Waals surface area contributed by atoms with Gasteiger partial charge in [-0.05, 0) is 44.9 Å². The first-order chi connectivity index (χ1) is 32.6. The maximum absolute atomic E-state index is 12.9. The maximum atomic E-state index is 12.9. The van der Waals surface area contributed by atoms with Crippen LogP contribution in [0.25, 0.3) is 0 Å². The second-order valence-electron chi connectivity index (χ2n) is 19.2. The fraction of sp³-hybridized carbons (Fsp3) is 0.907. The number of hydrogen-bond acceptors (Lipinski definition) is 11. The molecule has 1 fully saturated rings. The summed E-state index contributed by atoms with van der Waals surface area (Å²) in [5.74, 6) is -0.398. The van der Waals surface area contributed by atoms with Crippen molar-refractivity contribution in [1.29, 1.82) is 0 Å². The number of allylic oxidation sites excluding steroid dienone is 4. The lowest BCUT2D eigenvalue weighted by Gasteiger charge is -2.41. The lowest BCUT2D eigenvalue weighted by Crippen LogP contribution is -2.60. The molecule has 4 N–H and O–H groups in total. The molecule has 0 aliphatic carbocycles. The molecule has 12 nitrogen and oxygen atoms in total. The number of unbranched alkanes of at least 4 members (excludes halogenated alkanes) is 32. The summed E-state index contributed by atoms with van der Waals surface area (Å²) in [6, 6.07) is 0. The van der Waals surface area contributed by atoms with Crippen molar-refractivity contribution in [3.63, 3.8) is 0 Å². The molecule has 0 spiro atoms. The van der Waals surface area contributed by atoms with E-state index in [-0.39, 0.29) is 19.6 Å². The molecule has 396 valence electrons. The maximum Gasteiger partial charge on any atom is 0.397 e. The van der Waals surface area contributed by atoms with Gasteiger partial charge in [0.1, 0.15) is 30.5 Å². The average Bonchev–Trinajstić information content (AvgIpc) is 3.30. The van der Waals surface area contributed by atoms with E-state index in [9.17, 15) is 33.1 Å². The fourth-order valence-electron chi connectivity index (χ4n) is 8.65. The van der Waals surface area contributed by atoms with Gasteiger partial charge in [-0.2, -0.15) is 8.42 Å². The van der Waals surface area contributed by atoms with Crippen molar-refractivity contribution in [3.8, 4) is 0 Å². The van der Waals surface area contributed by atoms with Crippen molar-refractivity contribution < 1.29 is 56.2 Å². The third kappa shape index (κ3) is 39.0. The summed E-state index contributed by atoms with van der Waals surface area (Å²) in [5, 5.41) is 30.8. The highest BCUT2D eigenvalue weighted by molar-refractivity contribution is 7.80. The number of aliphatic hydroxyl groups is 3. The molecule has 1 aliphatic rings. The Kier molecular flexibility index (Phi) is 43.4. The number of hydrogen-bond donors (Lipinski definition) is 4. The van der Waals surface area contributed by atoms with Crippen LogP contribution in [0.2, 0.25) is 0 Å². The molecule has 6 unspecified atom stereocenters.